The molecule has 0 atom stereocenters. The molecule has 7 heteroatoms. The number of halogens is 1. The molecule has 6 nitrogen and oxygen atoms in total. The fourth-order valence-corrected chi connectivity index (χ4v) is 2.38. The van der Waals surface area contributed by atoms with E-state index in [1.807, 2.05) is 19.1 Å². The van der Waals surface area contributed by atoms with Gasteiger partial charge in [-0.2, -0.15) is 0 Å². The third kappa shape index (κ3) is 4.64. The maximum absolute atomic E-state index is 12.1. The lowest BCUT2D eigenvalue weighted by Crippen LogP contribution is -2.29. The zero-order chi connectivity index (χ0) is 18.4. The van der Waals surface area contributed by atoms with Crippen molar-refractivity contribution in [3.05, 3.63) is 47.0 Å². The molecule has 0 aliphatic heterocycles. The number of anilines is 2. The number of carbonyl (C=O) groups excluding carboxylic acids is 2. The van der Waals surface area contributed by atoms with Gasteiger partial charge in [0.25, 0.3) is 0 Å². The summed E-state index contributed by atoms with van der Waals surface area (Å²) in [5.41, 5.74) is 1.96. The van der Waals surface area contributed by atoms with Crippen molar-refractivity contribution >= 4 is 34.8 Å². The second-order valence-corrected chi connectivity index (χ2v) is 5.55. The van der Waals surface area contributed by atoms with Gasteiger partial charge in [0, 0.05) is 17.8 Å². The van der Waals surface area contributed by atoms with Gasteiger partial charge in [0.2, 0.25) is 0 Å². The summed E-state index contributed by atoms with van der Waals surface area (Å²) in [6, 6.07) is 10.3. The Hall–Kier alpha value is -2.73. The number of carbonyl (C=O) groups is 2. The van der Waals surface area contributed by atoms with Crippen LogP contribution in [0.5, 0.6) is 11.5 Å². The average molecular weight is 363 g/mol. The van der Waals surface area contributed by atoms with Gasteiger partial charge in [0.15, 0.2) is 0 Å². The zero-order valence-corrected chi connectivity index (χ0v) is 14.9. The monoisotopic (exact) mass is 362 g/mol. The summed E-state index contributed by atoms with van der Waals surface area (Å²) >= 11 is 6.01. The number of amides is 2. The first-order valence-electron chi connectivity index (χ1n) is 7.61. The first-order valence-corrected chi connectivity index (χ1v) is 7.99. The Labute approximate surface area is 151 Å². The van der Waals surface area contributed by atoms with E-state index in [1.165, 1.54) is 26.4 Å². The second kappa shape index (κ2) is 8.39. The molecule has 0 aliphatic carbocycles. The lowest BCUT2D eigenvalue weighted by Gasteiger charge is -2.13. The number of aryl methyl sites for hydroxylation is 1. The molecule has 0 aromatic heterocycles. The van der Waals surface area contributed by atoms with Crippen LogP contribution in [-0.2, 0) is 16.0 Å². The zero-order valence-electron chi connectivity index (χ0n) is 14.2. The van der Waals surface area contributed by atoms with Gasteiger partial charge in [-0.15, -0.1) is 0 Å². The predicted octanol–water partition coefficient (Wildman–Crippen LogP) is 3.50. The highest BCUT2D eigenvalue weighted by Gasteiger charge is 2.18. The normalized spacial score (nSPS) is 10.1. The summed E-state index contributed by atoms with van der Waals surface area (Å²) in [7, 11) is 2.88. The number of nitrogens with one attached hydrogen (secondary N) is 2. The number of rotatable bonds is 5. The summed E-state index contributed by atoms with van der Waals surface area (Å²) in [6.07, 6.45) is 0.896. The number of methoxy groups -OCH3 is 2. The SMILES string of the molecule is CCc1ccc(NC(=O)C(=O)Nc2cc(OC)c(Cl)cc2OC)cc1. The summed E-state index contributed by atoms with van der Waals surface area (Å²) in [5, 5.41) is 5.36. The highest BCUT2D eigenvalue weighted by atomic mass is 35.5. The van der Waals surface area contributed by atoms with Crippen LogP contribution in [0.25, 0.3) is 0 Å². The third-order valence-electron chi connectivity index (χ3n) is 3.55. The van der Waals surface area contributed by atoms with E-state index in [0.717, 1.165) is 12.0 Å². The predicted molar refractivity (Wildman–Crippen MR) is 97.6 cm³/mol. The molecule has 2 rings (SSSR count). The highest BCUT2D eigenvalue weighted by molar-refractivity contribution is 6.44. The molecule has 132 valence electrons. The third-order valence-corrected chi connectivity index (χ3v) is 3.84. The van der Waals surface area contributed by atoms with E-state index < -0.39 is 11.8 Å². The fourth-order valence-electron chi connectivity index (χ4n) is 2.15. The van der Waals surface area contributed by atoms with Crippen LogP contribution < -0.4 is 20.1 Å². The van der Waals surface area contributed by atoms with Gasteiger partial charge in [-0.05, 0) is 24.1 Å². The molecule has 0 saturated heterocycles. The van der Waals surface area contributed by atoms with Crippen molar-refractivity contribution in [1.29, 1.82) is 0 Å². The van der Waals surface area contributed by atoms with Crippen LogP contribution in [0.4, 0.5) is 11.4 Å². The molecule has 0 radical (unpaired) electrons. The second-order valence-electron chi connectivity index (χ2n) is 5.15. The summed E-state index contributed by atoms with van der Waals surface area (Å²) in [4.78, 5) is 24.2. The topological polar surface area (TPSA) is 76.7 Å². The Bertz CT molecular complexity index is 775. The molecule has 0 bridgehead atoms. The minimum absolute atomic E-state index is 0.283. The Kier molecular flexibility index (Phi) is 6.25. The van der Waals surface area contributed by atoms with Crippen molar-refractivity contribution in [1.82, 2.24) is 0 Å². The Morgan fingerprint density at radius 2 is 1.56 bits per heavy atom. The van der Waals surface area contributed by atoms with Crippen LogP contribution in [0.3, 0.4) is 0 Å². The van der Waals surface area contributed by atoms with Gasteiger partial charge in [-0.1, -0.05) is 30.7 Å². The molecule has 0 fully saturated rings. The van der Waals surface area contributed by atoms with Crippen molar-refractivity contribution in [2.24, 2.45) is 0 Å². The maximum Gasteiger partial charge on any atom is 0.314 e. The van der Waals surface area contributed by atoms with E-state index >= 15 is 0 Å². The summed E-state index contributed by atoms with van der Waals surface area (Å²) < 4.78 is 10.3. The summed E-state index contributed by atoms with van der Waals surface area (Å²) in [6.45, 7) is 2.04. The standard InChI is InChI=1S/C18H19ClN2O4/c1-4-11-5-7-12(8-6-11)20-17(22)18(23)21-14-10-15(24-2)13(19)9-16(14)25-3/h5-10H,4H2,1-3H3,(H,20,22)(H,21,23). The van der Waals surface area contributed by atoms with Crippen LogP contribution in [0.1, 0.15) is 12.5 Å². The van der Waals surface area contributed by atoms with Crippen molar-refractivity contribution in [3.63, 3.8) is 0 Å². The summed E-state index contributed by atoms with van der Waals surface area (Å²) in [5.74, 6) is -0.949. The first-order chi connectivity index (χ1) is 12.0. The quantitative estimate of drug-likeness (QED) is 0.798. The Morgan fingerprint density at radius 1 is 0.960 bits per heavy atom. The van der Waals surface area contributed by atoms with Crippen LogP contribution >= 0.6 is 11.6 Å². The lowest BCUT2D eigenvalue weighted by atomic mass is 10.1. The Balaban J connectivity index is 2.11. The van der Waals surface area contributed by atoms with Crippen LogP contribution in [-0.4, -0.2) is 26.0 Å². The molecular weight excluding hydrogens is 344 g/mol. The van der Waals surface area contributed by atoms with Gasteiger partial charge in [-0.25, -0.2) is 0 Å². The van der Waals surface area contributed by atoms with E-state index in [9.17, 15) is 9.59 Å². The van der Waals surface area contributed by atoms with Crippen molar-refractivity contribution in [2.75, 3.05) is 24.9 Å². The van der Waals surface area contributed by atoms with E-state index in [2.05, 4.69) is 10.6 Å². The smallest absolute Gasteiger partial charge is 0.314 e. The molecule has 2 amide bonds. The minimum Gasteiger partial charge on any atom is -0.495 e. The fraction of sp³-hybridized carbons (Fsp3) is 0.222. The largest absolute Gasteiger partial charge is 0.495 e. The highest BCUT2D eigenvalue weighted by Crippen LogP contribution is 2.35. The van der Waals surface area contributed by atoms with Crippen LogP contribution in [0.15, 0.2) is 36.4 Å². The molecule has 0 aliphatic rings. The number of hydrogen-bond acceptors (Lipinski definition) is 4. The molecule has 0 unspecified atom stereocenters. The van der Waals surface area contributed by atoms with Crippen LogP contribution in [0.2, 0.25) is 5.02 Å². The van der Waals surface area contributed by atoms with Gasteiger partial charge in [0.1, 0.15) is 11.5 Å². The molecule has 0 spiro atoms. The number of benzene rings is 2. The van der Waals surface area contributed by atoms with Crippen LogP contribution in [0, 0.1) is 0 Å². The van der Waals surface area contributed by atoms with E-state index in [4.69, 9.17) is 21.1 Å². The molecule has 2 aromatic carbocycles. The lowest BCUT2D eigenvalue weighted by molar-refractivity contribution is -0.133. The molecule has 2 N–H and O–H groups in total. The van der Waals surface area contributed by atoms with Gasteiger partial charge >= 0.3 is 11.8 Å². The van der Waals surface area contributed by atoms with Crippen molar-refractivity contribution in [3.8, 4) is 11.5 Å². The Morgan fingerprint density at radius 3 is 2.12 bits per heavy atom. The van der Waals surface area contributed by atoms with E-state index in [-0.39, 0.29) is 5.69 Å². The maximum atomic E-state index is 12.1. The van der Waals surface area contributed by atoms with E-state index in [1.54, 1.807) is 12.1 Å². The van der Waals surface area contributed by atoms with Crippen molar-refractivity contribution in [2.45, 2.75) is 13.3 Å². The van der Waals surface area contributed by atoms with Gasteiger partial charge in [-0.3, -0.25) is 9.59 Å². The van der Waals surface area contributed by atoms with Crippen molar-refractivity contribution < 1.29 is 19.1 Å². The van der Waals surface area contributed by atoms with E-state index in [0.29, 0.717) is 22.2 Å². The molecular formula is C18H19ClN2O4. The number of ether oxygens (including phenoxy) is 2. The minimum atomic E-state index is -0.831. The average Bonchev–Trinajstić information content (AvgIpc) is 2.63. The molecule has 25 heavy (non-hydrogen) atoms. The molecule has 2 aromatic rings. The van der Waals surface area contributed by atoms with Gasteiger partial charge in [0.05, 0.1) is 24.9 Å². The number of hydrogen-bond donors (Lipinski definition) is 2. The van der Waals surface area contributed by atoms with Gasteiger partial charge < -0.3 is 20.1 Å². The molecule has 0 saturated carbocycles. The molecule has 0 heterocycles. The first kappa shape index (κ1) is 18.6.